The summed E-state index contributed by atoms with van der Waals surface area (Å²) in [5.74, 6) is -0.305. The lowest BCUT2D eigenvalue weighted by atomic mass is 10.0. The van der Waals surface area contributed by atoms with E-state index in [-0.39, 0.29) is 5.82 Å². The predicted octanol–water partition coefficient (Wildman–Crippen LogP) is 2.89. The largest absolute Gasteiger partial charge is 0.472 e. The van der Waals surface area contributed by atoms with Gasteiger partial charge in [0.25, 0.3) is 0 Å². The number of H-pyrrole nitrogens is 1. The second-order valence-corrected chi connectivity index (χ2v) is 4.17. The molecule has 2 aromatic heterocycles. The van der Waals surface area contributed by atoms with Crippen LogP contribution in [0.4, 0.5) is 4.39 Å². The second-order valence-electron chi connectivity index (χ2n) is 4.17. The third kappa shape index (κ3) is 2.15. The zero-order valence-electron chi connectivity index (χ0n) is 9.88. The third-order valence-corrected chi connectivity index (χ3v) is 2.96. The van der Waals surface area contributed by atoms with Gasteiger partial charge in [-0.1, -0.05) is 0 Å². The van der Waals surface area contributed by atoms with Crippen LogP contribution in [0.3, 0.4) is 0 Å². The number of aromatic nitrogens is 2. The van der Waals surface area contributed by atoms with Crippen molar-refractivity contribution in [3.63, 3.8) is 0 Å². The van der Waals surface area contributed by atoms with E-state index in [4.69, 9.17) is 4.42 Å². The topological polar surface area (TPSA) is 62.1 Å². The minimum atomic E-state index is -0.836. The number of benzene rings is 1. The molecule has 0 aliphatic heterocycles. The molecule has 0 radical (unpaired) electrons. The number of halogens is 1. The highest BCUT2D eigenvalue weighted by molar-refractivity contribution is 5.63. The van der Waals surface area contributed by atoms with Crippen LogP contribution in [0.15, 0.2) is 53.5 Å². The summed E-state index contributed by atoms with van der Waals surface area (Å²) < 4.78 is 17.9. The average Bonchev–Trinajstić information content (AvgIpc) is 3.10. The summed E-state index contributed by atoms with van der Waals surface area (Å²) in [6.45, 7) is 0. The molecule has 0 saturated heterocycles. The highest BCUT2D eigenvalue weighted by Gasteiger charge is 2.18. The summed E-state index contributed by atoms with van der Waals surface area (Å²) in [6.07, 6.45) is 3.69. The standard InChI is InChI=1S/C14H11FN2O2/c15-11-3-1-9(2-4-11)13-12(7-16-17-13)14(18)10-5-6-19-8-10/h1-8,14,18H,(H,16,17). The minimum absolute atomic E-state index is 0.305. The van der Waals surface area contributed by atoms with Crippen LogP contribution in [-0.4, -0.2) is 15.3 Å². The van der Waals surface area contributed by atoms with Gasteiger partial charge in [-0.25, -0.2) is 4.39 Å². The quantitative estimate of drug-likeness (QED) is 0.759. The molecule has 0 aliphatic rings. The first-order chi connectivity index (χ1) is 9.25. The van der Waals surface area contributed by atoms with Gasteiger partial charge < -0.3 is 9.52 Å². The molecule has 0 aliphatic carbocycles. The Labute approximate surface area is 108 Å². The fourth-order valence-electron chi connectivity index (χ4n) is 1.96. The number of hydrogen-bond acceptors (Lipinski definition) is 3. The van der Waals surface area contributed by atoms with Gasteiger partial charge in [-0.05, 0) is 30.3 Å². The van der Waals surface area contributed by atoms with Crippen LogP contribution in [0.25, 0.3) is 11.3 Å². The molecule has 19 heavy (non-hydrogen) atoms. The Kier molecular flexibility index (Phi) is 2.89. The molecule has 3 aromatic rings. The van der Waals surface area contributed by atoms with Crippen LogP contribution in [0.5, 0.6) is 0 Å². The van der Waals surface area contributed by atoms with E-state index in [1.165, 1.54) is 24.7 Å². The fraction of sp³-hybridized carbons (Fsp3) is 0.0714. The van der Waals surface area contributed by atoms with Crippen molar-refractivity contribution in [2.75, 3.05) is 0 Å². The summed E-state index contributed by atoms with van der Waals surface area (Å²) in [6, 6.07) is 7.68. The normalized spacial score (nSPS) is 12.5. The van der Waals surface area contributed by atoms with Crippen molar-refractivity contribution in [2.24, 2.45) is 0 Å². The summed E-state index contributed by atoms with van der Waals surface area (Å²) in [4.78, 5) is 0. The fourth-order valence-corrected chi connectivity index (χ4v) is 1.96. The Hall–Kier alpha value is -2.40. The smallest absolute Gasteiger partial charge is 0.123 e. The maximum absolute atomic E-state index is 12.9. The number of nitrogens with one attached hydrogen (secondary N) is 1. The Morgan fingerprint density at radius 1 is 1.21 bits per heavy atom. The first-order valence-electron chi connectivity index (χ1n) is 5.75. The number of aliphatic hydroxyl groups is 1. The Balaban J connectivity index is 2.01. The maximum atomic E-state index is 12.9. The SMILES string of the molecule is OC(c1ccoc1)c1cn[nH]c1-c1ccc(F)cc1. The van der Waals surface area contributed by atoms with Crippen molar-refractivity contribution in [2.45, 2.75) is 6.10 Å². The van der Waals surface area contributed by atoms with Gasteiger partial charge in [0.05, 0.1) is 24.4 Å². The molecular weight excluding hydrogens is 247 g/mol. The van der Waals surface area contributed by atoms with Crippen LogP contribution in [0, 0.1) is 5.82 Å². The molecule has 4 nitrogen and oxygen atoms in total. The highest BCUT2D eigenvalue weighted by atomic mass is 19.1. The van der Waals surface area contributed by atoms with Gasteiger partial charge in [0.15, 0.2) is 0 Å². The number of aliphatic hydroxyl groups excluding tert-OH is 1. The van der Waals surface area contributed by atoms with E-state index in [9.17, 15) is 9.50 Å². The first kappa shape index (κ1) is 11.7. The number of nitrogens with zero attached hydrogens (tertiary/aromatic N) is 1. The van der Waals surface area contributed by atoms with Gasteiger partial charge in [-0.15, -0.1) is 0 Å². The summed E-state index contributed by atoms with van der Waals surface area (Å²) in [7, 11) is 0. The molecule has 0 saturated carbocycles. The van der Waals surface area contributed by atoms with E-state index < -0.39 is 6.10 Å². The summed E-state index contributed by atoms with van der Waals surface area (Å²) in [5.41, 5.74) is 2.68. The molecule has 1 unspecified atom stereocenters. The Morgan fingerprint density at radius 2 is 2.00 bits per heavy atom. The van der Waals surface area contributed by atoms with Gasteiger partial charge in [-0.3, -0.25) is 5.10 Å². The minimum Gasteiger partial charge on any atom is -0.472 e. The molecule has 2 N–H and O–H groups in total. The van der Waals surface area contributed by atoms with E-state index in [1.807, 2.05) is 0 Å². The summed E-state index contributed by atoms with van der Waals surface area (Å²) in [5, 5.41) is 17.0. The molecule has 0 spiro atoms. The zero-order chi connectivity index (χ0) is 13.2. The van der Waals surface area contributed by atoms with Crippen LogP contribution in [0.2, 0.25) is 0 Å². The van der Waals surface area contributed by atoms with Crippen molar-refractivity contribution in [1.82, 2.24) is 10.2 Å². The van der Waals surface area contributed by atoms with Crippen molar-refractivity contribution in [1.29, 1.82) is 0 Å². The van der Waals surface area contributed by atoms with Gasteiger partial charge in [-0.2, -0.15) is 5.10 Å². The lowest BCUT2D eigenvalue weighted by molar-refractivity contribution is 0.220. The van der Waals surface area contributed by atoms with Gasteiger partial charge in [0.1, 0.15) is 11.9 Å². The highest BCUT2D eigenvalue weighted by Crippen LogP contribution is 2.30. The molecule has 5 heteroatoms. The molecule has 1 aromatic carbocycles. The van der Waals surface area contributed by atoms with Gasteiger partial charge in [0, 0.05) is 16.7 Å². The van der Waals surface area contributed by atoms with Crippen LogP contribution in [0.1, 0.15) is 17.2 Å². The number of furan rings is 1. The van der Waals surface area contributed by atoms with E-state index >= 15 is 0 Å². The Morgan fingerprint density at radius 3 is 2.68 bits per heavy atom. The lowest BCUT2D eigenvalue weighted by Crippen LogP contribution is -1.98. The van der Waals surface area contributed by atoms with Gasteiger partial charge >= 0.3 is 0 Å². The van der Waals surface area contributed by atoms with E-state index in [0.29, 0.717) is 16.8 Å². The monoisotopic (exact) mass is 258 g/mol. The summed E-state index contributed by atoms with van der Waals surface area (Å²) >= 11 is 0. The number of hydrogen-bond donors (Lipinski definition) is 2. The molecule has 0 amide bonds. The number of rotatable bonds is 3. The second kappa shape index (κ2) is 4.70. The van der Waals surface area contributed by atoms with E-state index in [0.717, 1.165) is 5.56 Å². The molecule has 0 fully saturated rings. The molecular formula is C14H11FN2O2. The van der Waals surface area contributed by atoms with Crippen LogP contribution < -0.4 is 0 Å². The molecule has 3 rings (SSSR count). The average molecular weight is 258 g/mol. The Bertz CT molecular complexity index is 659. The molecule has 96 valence electrons. The van der Waals surface area contributed by atoms with Crippen molar-refractivity contribution >= 4 is 0 Å². The lowest BCUT2D eigenvalue weighted by Gasteiger charge is -2.09. The maximum Gasteiger partial charge on any atom is 0.123 e. The number of aromatic amines is 1. The van der Waals surface area contributed by atoms with E-state index in [2.05, 4.69) is 10.2 Å². The molecule has 1 atom stereocenters. The third-order valence-electron chi connectivity index (χ3n) is 2.96. The molecule has 0 bridgehead atoms. The molecule has 2 heterocycles. The zero-order valence-corrected chi connectivity index (χ0v) is 9.88. The predicted molar refractivity (Wildman–Crippen MR) is 66.8 cm³/mol. The van der Waals surface area contributed by atoms with Crippen LogP contribution in [-0.2, 0) is 0 Å². The van der Waals surface area contributed by atoms with Crippen molar-refractivity contribution < 1.29 is 13.9 Å². The van der Waals surface area contributed by atoms with Crippen molar-refractivity contribution in [3.05, 3.63) is 66.0 Å². The van der Waals surface area contributed by atoms with E-state index in [1.54, 1.807) is 24.4 Å². The van der Waals surface area contributed by atoms with Crippen molar-refractivity contribution in [3.8, 4) is 11.3 Å². The first-order valence-corrected chi connectivity index (χ1v) is 5.75. The van der Waals surface area contributed by atoms with Gasteiger partial charge in [0.2, 0.25) is 0 Å². The van der Waals surface area contributed by atoms with Crippen LogP contribution >= 0.6 is 0 Å².